The summed E-state index contributed by atoms with van der Waals surface area (Å²) in [6, 6.07) is 7.71. The summed E-state index contributed by atoms with van der Waals surface area (Å²) in [4.78, 5) is 24.3. The maximum absolute atomic E-state index is 14.7. The number of carboxylic acid groups (broad SMARTS) is 1. The van der Waals surface area contributed by atoms with Gasteiger partial charge in [-0.05, 0) is 42.0 Å². The lowest BCUT2D eigenvalue weighted by Crippen LogP contribution is -2.14. The number of aromatic carboxylic acids is 1. The molecule has 2 N–H and O–H groups in total. The fourth-order valence-electron chi connectivity index (χ4n) is 2.70. The largest absolute Gasteiger partial charge is 0.478 e. The number of aryl methyl sites for hydroxylation is 1. The van der Waals surface area contributed by atoms with Crippen molar-refractivity contribution < 1.29 is 24.2 Å². The third kappa shape index (κ3) is 3.74. The first-order chi connectivity index (χ1) is 12.8. The van der Waals surface area contributed by atoms with Crippen molar-refractivity contribution in [2.45, 2.75) is 6.10 Å². The highest BCUT2D eigenvalue weighted by Gasteiger charge is 2.26. The molecule has 8 heteroatoms. The highest BCUT2D eigenvalue weighted by Crippen LogP contribution is 2.27. The second-order valence-corrected chi connectivity index (χ2v) is 6.35. The molecule has 0 radical (unpaired) electrons. The molecule has 0 aliphatic heterocycles. The molecule has 0 amide bonds. The molecule has 1 aromatic heterocycles. The second kappa shape index (κ2) is 7.30. The number of aromatic nitrogens is 2. The molecule has 1 atom stereocenters. The van der Waals surface area contributed by atoms with Crippen molar-refractivity contribution in [2.24, 2.45) is 7.05 Å². The van der Waals surface area contributed by atoms with E-state index in [1.807, 2.05) is 0 Å². The van der Waals surface area contributed by atoms with Crippen LogP contribution in [0.25, 0.3) is 0 Å². The fourth-order valence-corrected chi connectivity index (χ4v) is 2.83. The van der Waals surface area contributed by atoms with Crippen LogP contribution in [0.5, 0.6) is 0 Å². The lowest BCUT2D eigenvalue weighted by molar-refractivity contribution is 0.0691. The number of benzene rings is 2. The van der Waals surface area contributed by atoms with Crippen LogP contribution in [0.3, 0.4) is 0 Å². The van der Waals surface area contributed by atoms with Gasteiger partial charge in [0, 0.05) is 29.4 Å². The van der Waals surface area contributed by atoms with Crippen LogP contribution in [0, 0.1) is 5.82 Å². The Morgan fingerprint density at radius 1 is 1.19 bits per heavy atom. The van der Waals surface area contributed by atoms with Gasteiger partial charge in [0.25, 0.3) is 0 Å². The van der Waals surface area contributed by atoms with Gasteiger partial charge in [-0.2, -0.15) is 5.10 Å². The van der Waals surface area contributed by atoms with Gasteiger partial charge in [0.15, 0.2) is 5.78 Å². The second-order valence-electron chi connectivity index (χ2n) is 5.92. The van der Waals surface area contributed by atoms with Gasteiger partial charge < -0.3 is 10.2 Å². The minimum atomic E-state index is -1.48. The Balaban J connectivity index is 2.09. The van der Waals surface area contributed by atoms with Gasteiger partial charge in [-0.1, -0.05) is 11.6 Å². The molecule has 0 saturated carbocycles. The first-order valence-corrected chi connectivity index (χ1v) is 8.19. The Bertz CT molecular complexity index is 1030. The number of carbonyl (C=O) groups is 2. The van der Waals surface area contributed by atoms with E-state index in [2.05, 4.69) is 5.10 Å². The Morgan fingerprint density at radius 2 is 1.85 bits per heavy atom. The van der Waals surface area contributed by atoms with Gasteiger partial charge in [0.2, 0.25) is 0 Å². The van der Waals surface area contributed by atoms with Crippen molar-refractivity contribution in [2.75, 3.05) is 0 Å². The zero-order valence-electron chi connectivity index (χ0n) is 14.1. The number of hydrogen-bond acceptors (Lipinski definition) is 4. The quantitative estimate of drug-likeness (QED) is 0.655. The molecule has 2 aromatic carbocycles. The zero-order chi connectivity index (χ0) is 19.7. The topological polar surface area (TPSA) is 92.4 Å². The van der Waals surface area contributed by atoms with Crippen LogP contribution in [0.2, 0.25) is 5.02 Å². The van der Waals surface area contributed by atoms with E-state index in [0.717, 1.165) is 12.1 Å². The minimum absolute atomic E-state index is 0.00514. The third-order valence-corrected chi connectivity index (χ3v) is 4.28. The highest BCUT2D eigenvalue weighted by atomic mass is 35.5. The van der Waals surface area contributed by atoms with E-state index in [0.29, 0.717) is 10.6 Å². The third-order valence-electron chi connectivity index (χ3n) is 4.03. The standard InChI is InChI=1S/C19H14ClFN2O4/c1-23-9-12(8-22-23)17(24)11-6-14(19(26)27)16(15(21)7-11)18(25)10-2-4-13(20)5-3-10/h2-9,17,24H,1H3,(H,26,27). The van der Waals surface area contributed by atoms with E-state index in [4.69, 9.17) is 11.6 Å². The predicted octanol–water partition coefficient (Wildman–Crippen LogP) is 3.22. The van der Waals surface area contributed by atoms with Gasteiger partial charge in [-0.15, -0.1) is 0 Å². The summed E-state index contributed by atoms with van der Waals surface area (Å²) in [5.74, 6) is -3.30. The van der Waals surface area contributed by atoms with Crippen LogP contribution in [0.4, 0.5) is 4.39 Å². The fraction of sp³-hybridized carbons (Fsp3) is 0.105. The summed E-state index contributed by atoms with van der Waals surface area (Å²) in [7, 11) is 1.65. The highest BCUT2D eigenvalue weighted by molar-refractivity contribution is 6.30. The van der Waals surface area contributed by atoms with Gasteiger partial charge >= 0.3 is 5.97 Å². The molecule has 27 heavy (non-hydrogen) atoms. The number of rotatable bonds is 5. The molecule has 138 valence electrons. The zero-order valence-corrected chi connectivity index (χ0v) is 14.8. The Kier molecular flexibility index (Phi) is 5.07. The molecule has 0 saturated heterocycles. The van der Waals surface area contributed by atoms with E-state index < -0.39 is 34.8 Å². The molecule has 0 bridgehead atoms. The van der Waals surface area contributed by atoms with Crippen LogP contribution in [0.1, 0.15) is 43.5 Å². The molecule has 0 aliphatic carbocycles. The van der Waals surface area contributed by atoms with E-state index in [1.54, 1.807) is 7.05 Å². The molecule has 1 heterocycles. The van der Waals surface area contributed by atoms with E-state index >= 15 is 0 Å². The Labute approximate surface area is 158 Å². The summed E-state index contributed by atoms with van der Waals surface area (Å²) in [5.41, 5.74) is -0.642. The van der Waals surface area contributed by atoms with Gasteiger partial charge in [0.05, 0.1) is 17.3 Å². The monoisotopic (exact) mass is 388 g/mol. The lowest BCUT2D eigenvalue weighted by atomic mass is 9.93. The maximum atomic E-state index is 14.7. The number of halogens is 2. The number of aliphatic hydroxyl groups excluding tert-OH is 1. The van der Waals surface area contributed by atoms with Gasteiger partial charge in [-0.25, -0.2) is 9.18 Å². The summed E-state index contributed by atoms with van der Waals surface area (Å²) < 4.78 is 16.2. The van der Waals surface area contributed by atoms with Crippen LogP contribution >= 0.6 is 11.6 Å². The first-order valence-electron chi connectivity index (χ1n) is 7.81. The summed E-state index contributed by atoms with van der Waals surface area (Å²) in [6.07, 6.45) is 1.62. The van der Waals surface area contributed by atoms with Crippen LogP contribution < -0.4 is 0 Å². The van der Waals surface area contributed by atoms with Crippen LogP contribution in [-0.2, 0) is 7.05 Å². The molecular formula is C19H14ClFN2O4. The van der Waals surface area contributed by atoms with E-state index in [9.17, 15) is 24.2 Å². The lowest BCUT2D eigenvalue weighted by Gasteiger charge is -2.13. The van der Waals surface area contributed by atoms with Crippen molar-refractivity contribution in [3.05, 3.63) is 87.4 Å². The average Bonchev–Trinajstić information content (AvgIpc) is 3.06. The number of carbonyl (C=O) groups excluding carboxylic acids is 1. The van der Waals surface area contributed by atoms with Crippen molar-refractivity contribution in [1.29, 1.82) is 0 Å². The van der Waals surface area contributed by atoms with Gasteiger partial charge in [0.1, 0.15) is 11.9 Å². The molecule has 0 fully saturated rings. The molecule has 3 aromatic rings. The number of nitrogens with zero attached hydrogens (tertiary/aromatic N) is 2. The Hall–Kier alpha value is -3.03. The molecular weight excluding hydrogens is 375 g/mol. The van der Waals surface area contributed by atoms with Crippen molar-refractivity contribution in [1.82, 2.24) is 9.78 Å². The molecule has 0 aliphatic rings. The SMILES string of the molecule is Cn1cc(C(O)c2cc(F)c(C(=O)c3ccc(Cl)cc3)c(C(=O)O)c2)cn1. The van der Waals surface area contributed by atoms with Crippen molar-refractivity contribution in [3.63, 3.8) is 0 Å². The number of aliphatic hydroxyl groups is 1. The molecule has 0 spiro atoms. The first kappa shape index (κ1) is 18.8. The summed E-state index contributed by atoms with van der Waals surface area (Å²) in [5, 5.41) is 24.2. The number of carboxylic acids is 1. The maximum Gasteiger partial charge on any atom is 0.336 e. The van der Waals surface area contributed by atoms with Crippen molar-refractivity contribution >= 4 is 23.4 Å². The minimum Gasteiger partial charge on any atom is -0.478 e. The van der Waals surface area contributed by atoms with E-state index in [1.165, 1.54) is 41.3 Å². The smallest absolute Gasteiger partial charge is 0.336 e. The molecule has 6 nitrogen and oxygen atoms in total. The van der Waals surface area contributed by atoms with E-state index in [-0.39, 0.29) is 11.1 Å². The molecule has 1 unspecified atom stereocenters. The van der Waals surface area contributed by atoms with Gasteiger partial charge in [-0.3, -0.25) is 9.48 Å². The number of ketones is 1. The predicted molar refractivity (Wildman–Crippen MR) is 95.5 cm³/mol. The summed E-state index contributed by atoms with van der Waals surface area (Å²) >= 11 is 5.78. The van der Waals surface area contributed by atoms with Crippen molar-refractivity contribution in [3.8, 4) is 0 Å². The van der Waals surface area contributed by atoms with Crippen LogP contribution in [-0.4, -0.2) is 31.7 Å². The number of hydrogen-bond donors (Lipinski definition) is 2. The molecule has 3 rings (SSSR count). The average molecular weight is 389 g/mol. The normalized spacial score (nSPS) is 12.0. The summed E-state index contributed by atoms with van der Waals surface area (Å²) in [6.45, 7) is 0. The van der Waals surface area contributed by atoms with Crippen LogP contribution in [0.15, 0.2) is 48.8 Å². The Morgan fingerprint density at radius 3 is 2.41 bits per heavy atom.